The molecule has 0 aliphatic carbocycles. The van der Waals surface area contributed by atoms with Crippen LogP contribution in [0.4, 0.5) is 0 Å². The van der Waals surface area contributed by atoms with Crippen molar-refractivity contribution in [1.82, 2.24) is 0 Å². The fourth-order valence-electron chi connectivity index (χ4n) is 0. The molecule has 11 heavy (non-hydrogen) atoms. The van der Waals surface area contributed by atoms with E-state index >= 15 is 0 Å². The number of hydrogen-bond donors (Lipinski definition) is 2. The van der Waals surface area contributed by atoms with Gasteiger partial charge >= 0.3 is 0 Å². The van der Waals surface area contributed by atoms with Crippen LogP contribution >= 0.6 is 0 Å². The molecule has 0 fully saturated rings. The number of aliphatic hydroxyl groups excluding tert-OH is 1. The average Bonchev–Trinajstić information content (AvgIpc) is 1.91. The molecule has 3 nitrogen and oxygen atoms in total. The van der Waals surface area contributed by atoms with Gasteiger partial charge in [-0.25, -0.2) is 0 Å². The summed E-state index contributed by atoms with van der Waals surface area (Å²) >= 11 is 0. The maximum Gasteiger partial charge on any atom is 0.266 e. The van der Waals surface area contributed by atoms with E-state index in [2.05, 4.69) is 17.9 Å². The SMILES string of the molecule is C=CC.C=CC.COC(O)O. The van der Waals surface area contributed by atoms with E-state index in [0.717, 1.165) is 0 Å². The first-order valence-electron chi connectivity index (χ1n) is 3.13. The largest absolute Gasteiger partial charge is 0.346 e. The van der Waals surface area contributed by atoms with Gasteiger partial charge in [0.15, 0.2) is 0 Å². The third-order valence-electron chi connectivity index (χ3n) is 0.211. The maximum absolute atomic E-state index is 7.69. The molecule has 0 radical (unpaired) electrons. The minimum atomic E-state index is -1.62. The van der Waals surface area contributed by atoms with Crippen molar-refractivity contribution in [1.29, 1.82) is 0 Å². The second-order valence-corrected chi connectivity index (χ2v) is 1.38. The zero-order valence-electron chi connectivity index (χ0n) is 7.45. The summed E-state index contributed by atoms with van der Waals surface area (Å²) in [6, 6.07) is 0. The minimum Gasteiger partial charge on any atom is -0.346 e. The van der Waals surface area contributed by atoms with Gasteiger partial charge in [-0.15, -0.1) is 13.2 Å². The van der Waals surface area contributed by atoms with Crippen molar-refractivity contribution in [3.63, 3.8) is 0 Å². The van der Waals surface area contributed by atoms with Crippen LogP contribution in [0.1, 0.15) is 13.8 Å². The van der Waals surface area contributed by atoms with Gasteiger partial charge < -0.3 is 14.9 Å². The van der Waals surface area contributed by atoms with Gasteiger partial charge in [-0.1, -0.05) is 12.2 Å². The molecule has 0 aromatic carbocycles. The smallest absolute Gasteiger partial charge is 0.266 e. The zero-order valence-corrected chi connectivity index (χ0v) is 7.45. The van der Waals surface area contributed by atoms with Crippen LogP contribution in [0.2, 0.25) is 0 Å². The number of ether oxygens (including phenoxy) is 1. The van der Waals surface area contributed by atoms with Crippen molar-refractivity contribution < 1.29 is 14.9 Å². The van der Waals surface area contributed by atoms with Crippen LogP contribution in [0.3, 0.4) is 0 Å². The summed E-state index contributed by atoms with van der Waals surface area (Å²) in [5.74, 6) is 0. The van der Waals surface area contributed by atoms with Crippen LogP contribution in [0.5, 0.6) is 0 Å². The van der Waals surface area contributed by atoms with Gasteiger partial charge in [-0.2, -0.15) is 0 Å². The van der Waals surface area contributed by atoms with Crippen LogP contribution in [-0.2, 0) is 4.74 Å². The van der Waals surface area contributed by atoms with Crippen molar-refractivity contribution in [3.8, 4) is 0 Å². The van der Waals surface area contributed by atoms with E-state index in [9.17, 15) is 0 Å². The summed E-state index contributed by atoms with van der Waals surface area (Å²) in [5.41, 5.74) is 0. The van der Waals surface area contributed by atoms with Gasteiger partial charge in [0.2, 0.25) is 0 Å². The molecule has 3 heteroatoms. The van der Waals surface area contributed by atoms with Crippen LogP contribution in [0, 0.1) is 0 Å². The standard InChI is InChI=1S/2C3H6.C2H6O3/c2*1-3-2;1-5-2(3)4/h2*3H,1H2,2H3;2-4H,1H3. The summed E-state index contributed by atoms with van der Waals surface area (Å²) in [6.45, 7) is 8.88. The molecule has 0 heterocycles. The number of rotatable bonds is 1. The van der Waals surface area contributed by atoms with Gasteiger partial charge in [0.05, 0.1) is 0 Å². The Labute approximate surface area is 68.6 Å². The van der Waals surface area contributed by atoms with Crippen molar-refractivity contribution in [3.05, 3.63) is 25.3 Å². The Morgan fingerprint density at radius 2 is 1.27 bits per heavy atom. The lowest BCUT2D eigenvalue weighted by atomic mass is 10.8. The molecule has 0 bridgehead atoms. The molecular formula is C8H18O3. The molecular weight excluding hydrogens is 144 g/mol. The lowest BCUT2D eigenvalue weighted by Crippen LogP contribution is -2.04. The van der Waals surface area contributed by atoms with Gasteiger partial charge in [0, 0.05) is 7.11 Å². The predicted molar refractivity (Wildman–Crippen MR) is 47.0 cm³/mol. The highest BCUT2D eigenvalue weighted by Gasteiger charge is 1.82. The molecule has 0 atom stereocenters. The molecule has 2 N–H and O–H groups in total. The third-order valence-corrected chi connectivity index (χ3v) is 0.211. The molecule has 0 aliphatic rings. The lowest BCUT2D eigenvalue weighted by molar-refractivity contribution is -0.218. The Kier molecular flexibility index (Phi) is 34.7. The molecule has 0 saturated heterocycles. The van der Waals surface area contributed by atoms with Crippen LogP contribution < -0.4 is 0 Å². The second-order valence-electron chi connectivity index (χ2n) is 1.38. The minimum absolute atomic E-state index is 1.20. The Bertz CT molecular complexity index is 63.7. The third kappa shape index (κ3) is 274. The Morgan fingerprint density at radius 3 is 1.27 bits per heavy atom. The van der Waals surface area contributed by atoms with Crippen molar-refractivity contribution >= 4 is 0 Å². The summed E-state index contributed by atoms with van der Waals surface area (Å²) in [6.07, 6.45) is 3.50. The fraction of sp³-hybridized carbons (Fsp3) is 0.500. The summed E-state index contributed by atoms with van der Waals surface area (Å²) < 4.78 is 3.86. The summed E-state index contributed by atoms with van der Waals surface area (Å²) in [4.78, 5) is 0. The second kappa shape index (κ2) is 22.8. The van der Waals surface area contributed by atoms with E-state index in [-0.39, 0.29) is 0 Å². The van der Waals surface area contributed by atoms with Gasteiger partial charge in [-0.3, -0.25) is 0 Å². The molecule has 0 unspecified atom stereocenters. The maximum atomic E-state index is 7.69. The molecule has 0 saturated carbocycles. The molecule has 0 spiro atoms. The summed E-state index contributed by atoms with van der Waals surface area (Å²) in [5, 5.41) is 15.4. The fourth-order valence-corrected chi connectivity index (χ4v) is 0. The van der Waals surface area contributed by atoms with Crippen LogP contribution in [-0.4, -0.2) is 23.8 Å². The number of methoxy groups -OCH3 is 1. The first-order chi connectivity index (χ1) is 5.10. The quantitative estimate of drug-likeness (QED) is 0.451. The molecule has 0 rings (SSSR count). The molecule has 0 amide bonds. The first kappa shape index (κ1) is 16.8. The van der Waals surface area contributed by atoms with Crippen LogP contribution in [0.15, 0.2) is 25.3 Å². The van der Waals surface area contributed by atoms with E-state index in [4.69, 9.17) is 10.2 Å². The molecule has 68 valence electrons. The normalized spacial score (nSPS) is 6.73. The lowest BCUT2D eigenvalue weighted by Gasteiger charge is -1.92. The number of hydrogen-bond acceptors (Lipinski definition) is 3. The monoisotopic (exact) mass is 162 g/mol. The van der Waals surface area contributed by atoms with Crippen LogP contribution in [0.25, 0.3) is 0 Å². The van der Waals surface area contributed by atoms with E-state index in [1.165, 1.54) is 7.11 Å². The van der Waals surface area contributed by atoms with Crippen molar-refractivity contribution in [2.45, 2.75) is 20.3 Å². The predicted octanol–water partition coefficient (Wildman–Crippen LogP) is 1.29. The average molecular weight is 162 g/mol. The van der Waals surface area contributed by atoms with Crippen molar-refractivity contribution in [2.24, 2.45) is 0 Å². The molecule has 0 aliphatic heterocycles. The number of aliphatic hydroxyl groups is 2. The Morgan fingerprint density at radius 1 is 1.18 bits per heavy atom. The highest BCUT2D eigenvalue weighted by Crippen LogP contribution is 1.66. The first-order valence-corrected chi connectivity index (χ1v) is 3.13. The topological polar surface area (TPSA) is 49.7 Å². The highest BCUT2D eigenvalue weighted by atomic mass is 16.7. The molecule has 0 aromatic rings. The summed E-state index contributed by atoms with van der Waals surface area (Å²) in [7, 11) is 1.20. The van der Waals surface area contributed by atoms with Gasteiger partial charge in [-0.05, 0) is 13.8 Å². The van der Waals surface area contributed by atoms with Gasteiger partial charge in [0.1, 0.15) is 0 Å². The van der Waals surface area contributed by atoms with E-state index in [0.29, 0.717) is 0 Å². The Hall–Kier alpha value is -0.640. The van der Waals surface area contributed by atoms with E-state index < -0.39 is 6.48 Å². The zero-order chi connectivity index (χ0) is 9.70. The molecule has 0 aromatic heterocycles. The highest BCUT2D eigenvalue weighted by molar-refractivity contribution is 4.51. The van der Waals surface area contributed by atoms with Crippen molar-refractivity contribution in [2.75, 3.05) is 7.11 Å². The van der Waals surface area contributed by atoms with E-state index in [1.54, 1.807) is 12.2 Å². The van der Waals surface area contributed by atoms with Gasteiger partial charge in [0.25, 0.3) is 6.48 Å². The number of allylic oxidation sites excluding steroid dienone is 2. The van der Waals surface area contributed by atoms with E-state index in [1.807, 2.05) is 13.8 Å². The Balaban J connectivity index is -0.0000000933.